The van der Waals surface area contributed by atoms with Gasteiger partial charge in [-0.3, -0.25) is 0 Å². The average molecular weight is 496 g/mol. The zero-order valence-electron chi connectivity index (χ0n) is 20.1. The van der Waals surface area contributed by atoms with E-state index in [1.54, 1.807) is 18.9 Å². The molecule has 0 aliphatic rings. The van der Waals surface area contributed by atoms with E-state index in [1.807, 2.05) is 61.5 Å². The van der Waals surface area contributed by atoms with E-state index in [1.165, 1.54) is 11.1 Å². The number of nitrogens with zero attached hydrogens (tertiary/aromatic N) is 4. The Morgan fingerprint density at radius 2 is 1.60 bits per heavy atom. The zero-order valence-corrected chi connectivity index (χ0v) is 20.9. The lowest BCUT2D eigenvalue weighted by Crippen LogP contribution is -2.16. The smallest absolute Gasteiger partial charge is 0.194 e. The number of aryl methyl sites for hydroxylation is 1. The molecule has 184 valence electrons. The Hall–Kier alpha value is -3.62. The molecular formula is C26H30ClN5O3. The zero-order chi connectivity index (χ0) is 23.8. The molecule has 1 aromatic heterocycles. The molecule has 35 heavy (non-hydrogen) atoms. The van der Waals surface area contributed by atoms with Crippen molar-refractivity contribution in [1.29, 1.82) is 0 Å². The monoisotopic (exact) mass is 495 g/mol. The fraction of sp³-hybridized carbons (Fsp3) is 0.269. The molecule has 0 spiro atoms. The van der Waals surface area contributed by atoms with E-state index >= 15 is 0 Å². The Balaban J connectivity index is 0.00000342. The van der Waals surface area contributed by atoms with Crippen LogP contribution in [0.4, 0.5) is 0 Å². The highest BCUT2D eigenvalue weighted by Gasteiger charge is 2.12. The molecule has 4 aromatic rings. The summed E-state index contributed by atoms with van der Waals surface area (Å²) in [7, 11) is 3.31. The molecular weight excluding hydrogens is 466 g/mol. The third-order valence-corrected chi connectivity index (χ3v) is 5.48. The van der Waals surface area contributed by atoms with Crippen molar-refractivity contribution in [2.45, 2.75) is 26.5 Å². The van der Waals surface area contributed by atoms with E-state index in [0.29, 0.717) is 17.3 Å². The Morgan fingerprint density at radius 1 is 0.857 bits per heavy atom. The molecule has 0 saturated carbocycles. The molecule has 0 unspecified atom stereocenters. The van der Waals surface area contributed by atoms with Gasteiger partial charge in [-0.15, -0.1) is 17.5 Å². The minimum Gasteiger partial charge on any atom is -0.497 e. The Morgan fingerprint density at radius 3 is 2.31 bits per heavy atom. The van der Waals surface area contributed by atoms with Crippen molar-refractivity contribution in [2.24, 2.45) is 0 Å². The lowest BCUT2D eigenvalue weighted by molar-refractivity contribution is 0.273. The normalized spacial score (nSPS) is 10.5. The molecule has 4 rings (SSSR count). The van der Waals surface area contributed by atoms with Gasteiger partial charge in [0, 0.05) is 6.54 Å². The van der Waals surface area contributed by atoms with Gasteiger partial charge >= 0.3 is 0 Å². The van der Waals surface area contributed by atoms with E-state index in [0.717, 1.165) is 36.5 Å². The summed E-state index contributed by atoms with van der Waals surface area (Å²) in [5.41, 5.74) is 4.44. The standard InChI is InChI=1S/C26H29N5O3.ClH/c1-19-4-9-22(10-5-19)31-26(28-29-30-31)18-34-24-13-8-21(16-25(24)33-3)17-27-15-14-20-6-11-23(32-2)12-7-20;/h4-13,16,27H,14-15,17-18H2,1-3H3;1H. The fourth-order valence-corrected chi connectivity index (χ4v) is 3.52. The molecule has 0 aliphatic carbocycles. The molecule has 0 fully saturated rings. The van der Waals surface area contributed by atoms with Crippen molar-refractivity contribution >= 4 is 12.4 Å². The van der Waals surface area contributed by atoms with Crippen LogP contribution < -0.4 is 19.5 Å². The summed E-state index contributed by atoms with van der Waals surface area (Å²) in [6.45, 7) is 3.86. The van der Waals surface area contributed by atoms with Crippen LogP contribution in [0.3, 0.4) is 0 Å². The second-order valence-corrected chi connectivity index (χ2v) is 7.89. The van der Waals surface area contributed by atoms with Gasteiger partial charge in [-0.2, -0.15) is 4.68 Å². The van der Waals surface area contributed by atoms with E-state index in [-0.39, 0.29) is 19.0 Å². The largest absolute Gasteiger partial charge is 0.497 e. The lowest BCUT2D eigenvalue weighted by Gasteiger charge is -2.13. The van der Waals surface area contributed by atoms with Crippen LogP contribution in [0.5, 0.6) is 17.2 Å². The van der Waals surface area contributed by atoms with Crippen molar-refractivity contribution in [2.75, 3.05) is 20.8 Å². The van der Waals surface area contributed by atoms with Crippen LogP contribution >= 0.6 is 12.4 Å². The van der Waals surface area contributed by atoms with E-state index in [9.17, 15) is 0 Å². The van der Waals surface area contributed by atoms with Crippen LogP contribution in [0.15, 0.2) is 66.7 Å². The first-order chi connectivity index (χ1) is 16.7. The van der Waals surface area contributed by atoms with Crippen LogP contribution in [-0.2, 0) is 19.6 Å². The quantitative estimate of drug-likeness (QED) is 0.310. The van der Waals surface area contributed by atoms with Gasteiger partial charge in [-0.25, -0.2) is 0 Å². The summed E-state index contributed by atoms with van der Waals surface area (Å²) < 4.78 is 18.4. The summed E-state index contributed by atoms with van der Waals surface area (Å²) in [6.07, 6.45) is 0.942. The number of hydrogen-bond acceptors (Lipinski definition) is 7. The van der Waals surface area contributed by atoms with Gasteiger partial charge < -0.3 is 19.5 Å². The van der Waals surface area contributed by atoms with Crippen molar-refractivity contribution in [1.82, 2.24) is 25.5 Å². The first-order valence-electron chi connectivity index (χ1n) is 11.1. The van der Waals surface area contributed by atoms with Gasteiger partial charge in [0.25, 0.3) is 0 Å². The molecule has 1 N–H and O–H groups in total. The molecule has 1 heterocycles. The molecule has 9 heteroatoms. The highest BCUT2D eigenvalue weighted by molar-refractivity contribution is 5.85. The molecule has 0 amide bonds. The molecule has 0 aliphatic heterocycles. The van der Waals surface area contributed by atoms with Crippen molar-refractivity contribution < 1.29 is 14.2 Å². The second kappa shape index (κ2) is 12.7. The minimum absolute atomic E-state index is 0. The summed E-state index contributed by atoms with van der Waals surface area (Å²) in [5, 5.41) is 15.5. The van der Waals surface area contributed by atoms with E-state index in [2.05, 4.69) is 33.0 Å². The number of rotatable bonds is 11. The molecule has 0 saturated heterocycles. The number of benzene rings is 3. The highest BCUT2D eigenvalue weighted by Crippen LogP contribution is 2.29. The molecule has 0 atom stereocenters. The van der Waals surface area contributed by atoms with E-state index < -0.39 is 0 Å². The molecule has 0 radical (unpaired) electrons. The third-order valence-electron chi connectivity index (χ3n) is 5.48. The minimum atomic E-state index is 0. The molecule has 3 aromatic carbocycles. The first kappa shape index (κ1) is 26.0. The van der Waals surface area contributed by atoms with Crippen LogP contribution in [0.25, 0.3) is 5.69 Å². The van der Waals surface area contributed by atoms with Crippen molar-refractivity contribution in [3.05, 3.63) is 89.2 Å². The molecule has 8 nitrogen and oxygen atoms in total. The topological polar surface area (TPSA) is 83.3 Å². The van der Waals surface area contributed by atoms with Gasteiger partial charge in [-0.1, -0.05) is 35.9 Å². The number of tetrazole rings is 1. The van der Waals surface area contributed by atoms with Crippen LogP contribution in [0, 0.1) is 6.92 Å². The SMILES string of the molecule is COc1ccc(CCNCc2ccc(OCc3nnnn3-c3ccc(C)cc3)c(OC)c2)cc1.Cl. The van der Waals surface area contributed by atoms with Crippen molar-refractivity contribution in [3.63, 3.8) is 0 Å². The fourth-order valence-electron chi connectivity index (χ4n) is 3.52. The van der Waals surface area contributed by atoms with Crippen LogP contribution in [-0.4, -0.2) is 41.0 Å². The Bertz CT molecular complexity index is 1200. The average Bonchev–Trinajstić information content (AvgIpc) is 3.35. The third kappa shape index (κ3) is 6.94. The van der Waals surface area contributed by atoms with Gasteiger partial charge in [0.2, 0.25) is 0 Å². The number of halogens is 1. The second-order valence-electron chi connectivity index (χ2n) is 7.89. The summed E-state index contributed by atoms with van der Waals surface area (Å²) in [6, 6.07) is 22.1. The Labute approximate surface area is 211 Å². The first-order valence-corrected chi connectivity index (χ1v) is 11.1. The number of methoxy groups -OCH3 is 2. The number of nitrogens with one attached hydrogen (secondary N) is 1. The highest BCUT2D eigenvalue weighted by atomic mass is 35.5. The number of hydrogen-bond donors (Lipinski definition) is 1. The van der Waals surface area contributed by atoms with Crippen LogP contribution in [0.2, 0.25) is 0 Å². The van der Waals surface area contributed by atoms with Gasteiger partial charge in [-0.05, 0) is 77.8 Å². The lowest BCUT2D eigenvalue weighted by atomic mass is 10.1. The Kier molecular flexibility index (Phi) is 9.46. The van der Waals surface area contributed by atoms with Crippen LogP contribution in [0.1, 0.15) is 22.5 Å². The number of aromatic nitrogens is 4. The van der Waals surface area contributed by atoms with Gasteiger partial charge in [0.15, 0.2) is 23.9 Å². The van der Waals surface area contributed by atoms with Crippen molar-refractivity contribution in [3.8, 4) is 22.9 Å². The maximum Gasteiger partial charge on any atom is 0.194 e. The maximum absolute atomic E-state index is 6.00. The van der Waals surface area contributed by atoms with E-state index in [4.69, 9.17) is 14.2 Å². The van der Waals surface area contributed by atoms with Gasteiger partial charge in [0.05, 0.1) is 19.9 Å². The van der Waals surface area contributed by atoms with Gasteiger partial charge in [0.1, 0.15) is 5.75 Å². The maximum atomic E-state index is 6.00. The predicted octanol–water partition coefficient (Wildman–Crippen LogP) is 4.32. The summed E-state index contributed by atoms with van der Waals surface area (Å²) in [4.78, 5) is 0. The summed E-state index contributed by atoms with van der Waals surface area (Å²) >= 11 is 0. The summed E-state index contributed by atoms with van der Waals surface area (Å²) in [5.74, 6) is 2.79. The predicted molar refractivity (Wildman–Crippen MR) is 137 cm³/mol. The number of ether oxygens (including phenoxy) is 3. The molecule has 0 bridgehead atoms.